The van der Waals surface area contributed by atoms with Crippen molar-refractivity contribution < 1.29 is 14.3 Å². The molecule has 146 valence electrons. The van der Waals surface area contributed by atoms with Crippen molar-refractivity contribution in [3.05, 3.63) is 58.1 Å². The second-order valence-corrected chi connectivity index (χ2v) is 7.45. The van der Waals surface area contributed by atoms with Crippen LogP contribution in [0.25, 0.3) is 0 Å². The number of amides is 1. The van der Waals surface area contributed by atoms with E-state index in [0.29, 0.717) is 5.92 Å². The fourth-order valence-electron chi connectivity index (χ4n) is 3.18. The molecule has 0 saturated carbocycles. The van der Waals surface area contributed by atoms with Crippen LogP contribution in [0.4, 0.5) is 0 Å². The summed E-state index contributed by atoms with van der Waals surface area (Å²) in [4.78, 5) is 12.4. The largest absolute Gasteiger partial charge is 0.496 e. The highest BCUT2D eigenvalue weighted by molar-refractivity contribution is 5.78. The number of nitrogens with one attached hydrogen (secondary N) is 1. The molecule has 2 aromatic rings. The van der Waals surface area contributed by atoms with E-state index < -0.39 is 0 Å². The first-order valence-electron chi connectivity index (χ1n) is 9.40. The lowest BCUT2D eigenvalue weighted by atomic mass is 9.93. The molecule has 2 aromatic carbocycles. The van der Waals surface area contributed by atoms with Crippen molar-refractivity contribution in [1.29, 1.82) is 0 Å². The zero-order valence-electron chi connectivity index (χ0n) is 17.5. The van der Waals surface area contributed by atoms with Crippen molar-refractivity contribution in [2.75, 3.05) is 13.7 Å². The topological polar surface area (TPSA) is 47.6 Å². The second-order valence-electron chi connectivity index (χ2n) is 7.45. The summed E-state index contributed by atoms with van der Waals surface area (Å²) in [5.41, 5.74) is 5.47. The third-order valence-electron chi connectivity index (χ3n) is 4.79. The molecule has 0 aliphatic rings. The Morgan fingerprint density at radius 1 is 0.963 bits per heavy atom. The van der Waals surface area contributed by atoms with Crippen LogP contribution in [0.2, 0.25) is 0 Å². The van der Waals surface area contributed by atoms with Crippen molar-refractivity contribution in [1.82, 2.24) is 5.32 Å². The van der Waals surface area contributed by atoms with Gasteiger partial charge in [0.2, 0.25) is 0 Å². The molecule has 1 amide bonds. The first-order valence-corrected chi connectivity index (χ1v) is 9.40. The van der Waals surface area contributed by atoms with E-state index in [4.69, 9.17) is 9.47 Å². The van der Waals surface area contributed by atoms with Gasteiger partial charge in [-0.25, -0.2) is 0 Å². The maximum atomic E-state index is 12.4. The summed E-state index contributed by atoms with van der Waals surface area (Å²) in [6, 6.07) is 10.1. The summed E-state index contributed by atoms with van der Waals surface area (Å²) in [5.74, 6) is 1.85. The summed E-state index contributed by atoms with van der Waals surface area (Å²) in [6.45, 7) is 12.3. The first kappa shape index (κ1) is 20.8. The van der Waals surface area contributed by atoms with Crippen LogP contribution in [0.5, 0.6) is 11.5 Å². The number of rotatable bonds is 7. The summed E-state index contributed by atoms with van der Waals surface area (Å²) in [6.07, 6.45) is 0. The molecule has 0 saturated heterocycles. The quantitative estimate of drug-likeness (QED) is 0.747. The molecule has 1 atom stereocenters. The van der Waals surface area contributed by atoms with Gasteiger partial charge >= 0.3 is 0 Å². The average molecular weight is 370 g/mol. The highest BCUT2D eigenvalue weighted by atomic mass is 16.5. The number of hydrogen-bond acceptors (Lipinski definition) is 3. The number of ether oxygens (including phenoxy) is 2. The van der Waals surface area contributed by atoms with Gasteiger partial charge in [0, 0.05) is 0 Å². The van der Waals surface area contributed by atoms with E-state index in [1.165, 1.54) is 0 Å². The van der Waals surface area contributed by atoms with Gasteiger partial charge in [-0.2, -0.15) is 0 Å². The third-order valence-corrected chi connectivity index (χ3v) is 4.79. The van der Waals surface area contributed by atoms with Gasteiger partial charge in [0.25, 0.3) is 5.91 Å². The van der Waals surface area contributed by atoms with Gasteiger partial charge in [0.15, 0.2) is 6.61 Å². The Hall–Kier alpha value is -2.49. The summed E-state index contributed by atoms with van der Waals surface area (Å²) in [5, 5.41) is 3.04. The Morgan fingerprint density at radius 3 is 2.30 bits per heavy atom. The minimum Gasteiger partial charge on any atom is -0.496 e. The van der Waals surface area contributed by atoms with Crippen LogP contribution in [0, 0.1) is 20.8 Å². The molecule has 4 nitrogen and oxygen atoms in total. The van der Waals surface area contributed by atoms with E-state index in [1.54, 1.807) is 7.11 Å². The smallest absolute Gasteiger partial charge is 0.258 e. The lowest BCUT2D eigenvalue weighted by Crippen LogP contribution is -2.31. The molecule has 0 fully saturated rings. The van der Waals surface area contributed by atoms with Gasteiger partial charge in [-0.1, -0.05) is 26.0 Å². The minimum absolute atomic E-state index is 0.000866. The van der Waals surface area contributed by atoms with Gasteiger partial charge in [0.1, 0.15) is 11.5 Å². The molecule has 0 spiro atoms. The molecule has 4 heteroatoms. The number of hydrogen-bond donors (Lipinski definition) is 1. The van der Waals surface area contributed by atoms with Crippen LogP contribution < -0.4 is 14.8 Å². The third kappa shape index (κ3) is 5.25. The fraction of sp³-hybridized carbons (Fsp3) is 0.435. The zero-order chi connectivity index (χ0) is 20.1. The molecule has 27 heavy (non-hydrogen) atoms. The Balaban J connectivity index is 2.08. The molecule has 2 rings (SSSR count). The number of benzene rings is 2. The number of carbonyl (C=O) groups excluding carboxylic acids is 1. The van der Waals surface area contributed by atoms with Crippen molar-refractivity contribution in [3.63, 3.8) is 0 Å². The number of aryl methyl sites for hydroxylation is 3. The summed E-state index contributed by atoms with van der Waals surface area (Å²) >= 11 is 0. The summed E-state index contributed by atoms with van der Waals surface area (Å²) < 4.78 is 11.2. The van der Waals surface area contributed by atoms with Crippen molar-refractivity contribution >= 4 is 5.91 Å². The minimum atomic E-state index is -0.135. The normalized spacial score (nSPS) is 12.0. The second kappa shape index (κ2) is 8.94. The highest BCUT2D eigenvalue weighted by Crippen LogP contribution is 2.32. The van der Waals surface area contributed by atoms with Gasteiger partial charge in [0.05, 0.1) is 13.2 Å². The van der Waals surface area contributed by atoms with Crippen LogP contribution in [-0.4, -0.2) is 19.6 Å². The molecule has 0 aliphatic carbocycles. The van der Waals surface area contributed by atoms with E-state index in [9.17, 15) is 4.79 Å². The van der Waals surface area contributed by atoms with Crippen LogP contribution in [-0.2, 0) is 4.79 Å². The lowest BCUT2D eigenvalue weighted by Gasteiger charge is -2.21. The molecule has 0 bridgehead atoms. The van der Waals surface area contributed by atoms with E-state index in [1.807, 2.05) is 52.0 Å². The Bertz CT molecular complexity index is 812. The zero-order valence-corrected chi connectivity index (χ0v) is 17.5. The van der Waals surface area contributed by atoms with E-state index in [0.717, 1.165) is 39.3 Å². The molecule has 0 heterocycles. The monoisotopic (exact) mass is 369 g/mol. The first-order chi connectivity index (χ1) is 12.7. The van der Waals surface area contributed by atoms with E-state index in [2.05, 4.69) is 25.2 Å². The summed E-state index contributed by atoms with van der Waals surface area (Å²) in [7, 11) is 1.69. The van der Waals surface area contributed by atoms with Crippen molar-refractivity contribution in [2.45, 2.75) is 53.5 Å². The number of carbonyl (C=O) groups is 1. The van der Waals surface area contributed by atoms with Crippen molar-refractivity contribution in [2.24, 2.45) is 0 Å². The number of methoxy groups -OCH3 is 1. The molecular formula is C23H31NO3. The lowest BCUT2D eigenvalue weighted by molar-refractivity contribution is -0.123. The van der Waals surface area contributed by atoms with Gasteiger partial charge in [-0.3, -0.25) is 4.79 Å². The maximum absolute atomic E-state index is 12.4. The highest BCUT2D eigenvalue weighted by Gasteiger charge is 2.17. The molecule has 0 aromatic heterocycles. The van der Waals surface area contributed by atoms with Crippen molar-refractivity contribution in [3.8, 4) is 11.5 Å². The van der Waals surface area contributed by atoms with Crippen LogP contribution in [0.15, 0.2) is 30.3 Å². The predicted octanol–water partition coefficient (Wildman–Crippen LogP) is 5.00. The molecule has 1 N–H and O–H groups in total. The van der Waals surface area contributed by atoms with Crippen LogP contribution in [0.3, 0.4) is 0 Å². The van der Waals surface area contributed by atoms with Crippen LogP contribution >= 0.6 is 0 Å². The van der Waals surface area contributed by atoms with E-state index in [-0.39, 0.29) is 18.6 Å². The molecule has 0 aliphatic heterocycles. The molecule has 0 unspecified atom stereocenters. The average Bonchev–Trinajstić information content (AvgIpc) is 2.61. The standard InChI is InChI=1S/C23H31NO3/c1-14(2)19-12-20(17(5)11-22(19)26-7)18(6)24-23(25)13-27-21-10-15(3)8-9-16(21)4/h8-12,14,18H,13H2,1-7H3,(H,24,25)/t18-/m0/s1. The molecule has 0 radical (unpaired) electrons. The van der Waals surface area contributed by atoms with Crippen LogP contribution in [0.1, 0.15) is 60.5 Å². The molecular weight excluding hydrogens is 338 g/mol. The van der Waals surface area contributed by atoms with Gasteiger partial charge in [-0.15, -0.1) is 0 Å². The predicted molar refractivity (Wildman–Crippen MR) is 110 cm³/mol. The SMILES string of the molecule is COc1cc(C)c([C@H](C)NC(=O)COc2cc(C)ccc2C)cc1C(C)C. The maximum Gasteiger partial charge on any atom is 0.258 e. The van der Waals surface area contributed by atoms with Gasteiger partial charge < -0.3 is 14.8 Å². The Kier molecular flexibility index (Phi) is 6.89. The van der Waals surface area contributed by atoms with Gasteiger partial charge in [-0.05, 0) is 79.6 Å². The Morgan fingerprint density at radius 2 is 1.67 bits per heavy atom. The van der Waals surface area contributed by atoms with E-state index >= 15 is 0 Å². The Labute approximate surface area is 162 Å². The fourth-order valence-corrected chi connectivity index (χ4v) is 3.18.